The number of carbonyl (C=O) groups excluding carboxylic acids is 3. The Morgan fingerprint density at radius 2 is 1.63 bits per heavy atom. The molecule has 4 aromatic carbocycles. The predicted octanol–water partition coefficient (Wildman–Crippen LogP) is 6.67. The first kappa shape index (κ1) is 42.6. The summed E-state index contributed by atoms with van der Waals surface area (Å²) in [5.74, 6) is -3.13. The summed E-state index contributed by atoms with van der Waals surface area (Å²) in [6, 6.07) is 26.6. The van der Waals surface area contributed by atoms with Gasteiger partial charge in [-0.2, -0.15) is 13.2 Å². The molecule has 5 N–H and O–H groups in total. The van der Waals surface area contributed by atoms with Crippen molar-refractivity contribution >= 4 is 40.2 Å². The van der Waals surface area contributed by atoms with Crippen LogP contribution in [-0.4, -0.2) is 89.8 Å². The number of hydrogen-bond acceptors (Lipinski definition) is 9. The molecule has 16 heteroatoms. The van der Waals surface area contributed by atoms with E-state index in [9.17, 15) is 37.5 Å². The van der Waals surface area contributed by atoms with Gasteiger partial charge in [0.2, 0.25) is 11.5 Å². The number of aryl methyl sites for hydroxylation is 2. The number of likely N-dealkylation sites (N-methyl/N-ethyl adjacent to an activating group) is 1. The van der Waals surface area contributed by atoms with Crippen LogP contribution in [0.3, 0.4) is 0 Å². The molecule has 62 heavy (non-hydrogen) atoms. The number of aromatic amines is 1. The van der Waals surface area contributed by atoms with Crippen LogP contribution in [0.1, 0.15) is 47.6 Å². The Labute approximate surface area is 354 Å². The highest BCUT2D eigenvalue weighted by Crippen LogP contribution is 2.51. The number of ether oxygens (including phenoxy) is 3. The van der Waals surface area contributed by atoms with Gasteiger partial charge in [-0.1, -0.05) is 60.7 Å². The number of H-pyrrole nitrogens is 1. The van der Waals surface area contributed by atoms with Crippen LogP contribution in [0.25, 0.3) is 22.0 Å². The molecule has 3 saturated heterocycles. The lowest BCUT2D eigenvalue weighted by Crippen LogP contribution is -2.60. The van der Waals surface area contributed by atoms with E-state index in [2.05, 4.69) is 39.8 Å². The highest BCUT2D eigenvalue weighted by molar-refractivity contribution is 5.93. The number of aromatic nitrogens is 1. The molecule has 13 nitrogen and oxygen atoms in total. The minimum absolute atomic E-state index is 0.0358. The Morgan fingerprint density at radius 1 is 0.903 bits per heavy atom. The average Bonchev–Trinajstić information content (AvgIpc) is 4.00. The molecule has 3 fully saturated rings. The standard InChI is InChI=1S/C46H46F3N5O8/c1-25-19-27(23-50-24-37(55)31-13-16-38(61-44(58)46(47,48)49)41-32(31)14-18-40(57)53-41)10-15-33(25)51-39(56)17-11-26-9-12-30(28-7-5-4-6-8-28)34(20-26)52-45(59)60-29-21-35-42-43(62-42)36(22-29)54(35,2)3/h4-10,12-16,18-20,29,35-37,42-43,50,55H,11,17,21-24H2,1-3H3,(H2-,51,52,53,56,57,59)/p+1/t29?,35-,36+,37-,42-,43+/m0/s1. The summed E-state index contributed by atoms with van der Waals surface area (Å²) < 4.78 is 55.8. The first-order valence-electron chi connectivity index (χ1n) is 20.4. The molecule has 1 unspecified atom stereocenters. The van der Waals surface area contributed by atoms with Crippen molar-refractivity contribution in [2.45, 2.75) is 81.8 Å². The number of halogens is 3. The second kappa shape index (κ2) is 17.0. The third-order valence-electron chi connectivity index (χ3n) is 12.3. The fraction of sp³-hybridized carbons (Fsp3) is 0.348. The molecular weight excluding hydrogens is 808 g/mol. The number of epoxide rings is 1. The quantitative estimate of drug-likeness (QED) is 0.0376. The zero-order valence-corrected chi connectivity index (χ0v) is 34.3. The number of pyridine rings is 1. The number of fused-ring (bicyclic) bond motifs is 6. The molecule has 0 radical (unpaired) electrons. The number of alkyl halides is 3. The number of aliphatic hydroxyl groups is 1. The molecule has 324 valence electrons. The lowest BCUT2D eigenvalue weighted by molar-refractivity contribution is -0.938. The van der Waals surface area contributed by atoms with E-state index in [0.717, 1.165) is 57.3 Å². The summed E-state index contributed by atoms with van der Waals surface area (Å²) in [7, 11) is 4.46. The van der Waals surface area contributed by atoms with Crippen molar-refractivity contribution in [3.05, 3.63) is 124 Å². The third-order valence-corrected chi connectivity index (χ3v) is 12.3. The number of amides is 2. The van der Waals surface area contributed by atoms with Crippen molar-refractivity contribution in [1.82, 2.24) is 10.3 Å². The Morgan fingerprint density at radius 3 is 2.34 bits per heavy atom. The molecular formula is C46H47F3N5O8+. The zero-order valence-electron chi connectivity index (χ0n) is 34.3. The van der Waals surface area contributed by atoms with Crippen molar-refractivity contribution in [3.8, 4) is 16.9 Å². The number of carbonyl (C=O) groups is 3. The Balaban J connectivity index is 0.852. The van der Waals surface area contributed by atoms with Crippen molar-refractivity contribution in [3.63, 3.8) is 0 Å². The lowest BCUT2D eigenvalue weighted by Gasteiger charge is -2.45. The summed E-state index contributed by atoms with van der Waals surface area (Å²) in [5.41, 5.74) is 5.05. The van der Waals surface area contributed by atoms with Crippen LogP contribution >= 0.6 is 0 Å². The molecule has 3 aliphatic rings. The smallest absolute Gasteiger partial charge is 0.445 e. The highest BCUT2D eigenvalue weighted by Gasteiger charge is 2.70. The molecule has 6 atom stereocenters. The van der Waals surface area contributed by atoms with Crippen molar-refractivity contribution in [2.75, 3.05) is 31.3 Å². The summed E-state index contributed by atoms with van der Waals surface area (Å²) >= 11 is 0. The molecule has 2 bridgehead atoms. The molecule has 0 spiro atoms. The molecule has 4 heterocycles. The Bertz CT molecular complexity index is 2560. The normalized spacial score (nSPS) is 21.4. The van der Waals surface area contributed by atoms with E-state index in [1.165, 1.54) is 12.1 Å². The SMILES string of the molecule is Cc1cc(CNC[C@H](O)c2ccc(OC(=O)C(F)(F)F)c3[nH]c(=O)ccc23)ccc1NC(=O)CCc1ccc(-c2ccccc2)c(NC(=O)OC2C[C@@H]3[C@H]4O[C@H]4[C@H](C2)[N+]3(C)C)c1. The van der Waals surface area contributed by atoms with E-state index in [-0.39, 0.29) is 48.1 Å². The maximum atomic E-state index is 13.4. The van der Waals surface area contributed by atoms with E-state index in [1.807, 2.05) is 67.6 Å². The van der Waals surface area contributed by atoms with E-state index in [1.54, 1.807) is 6.07 Å². The summed E-state index contributed by atoms with van der Waals surface area (Å²) in [5, 5.41) is 20.3. The van der Waals surface area contributed by atoms with Gasteiger partial charge in [0.25, 0.3) is 0 Å². The topological polar surface area (TPSA) is 171 Å². The Hall–Kier alpha value is -6.07. The van der Waals surface area contributed by atoms with Crippen LogP contribution in [0.4, 0.5) is 29.3 Å². The number of hydrogen-bond donors (Lipinski definition) is 5. The van der Waals surface area contributed by atoms with Crippen LogP contribution in [0.5, 0.6) is 5.75 Å². The van der Waals surface area contributed by atoms with Gasteiger partial charge < -0.3 is 39.4 Å². The first-order valence-corrected chi connectivity index (χ1v) is 20.4. The zero-order chi connectivity index (χ0) is 43.9. The lowest BCUT2D eigenvalue weighted by atomic mass is 9.96. The number of morpholine rings is 1. The number of nitrogens with one attached hydrogen (secondary N) is 4. The first-order chi connectivity index (χ1) is 29.5. The maximum Gasteiger partial charge on any atom is 0.491 e. The van der Waals surface area contributed by atoms with Gasteiger partial charge in [0.05, 0.1) is 31.4 Å². The number of aliphatic hydroxyl groups excluding tert-OH is 1. The average molecular weight is 855 g/mol. The maximum absolute atomic E-state index is 13.4. The highest BCUT2D eigenvalue weighted by atomic mass is 19.4. The van der Waals surface area contributed by atoms with Gasteiger partial charge in [0, 0.05) is 55.1 Å². The second-order valence-electron chi connectivity index (χ2n) is 16.7. The largest absolute Gasteiger partial charge is 0.491 e. The minimum Gasteiger partial charge on any atom is -0.445 e. The van der Waals surface area contributed by atoms with Crippen LogP contribution in [-0.2, 0) is 32.0 Å². The fourth-order valence-corrected chi connectivity index (χ4v) is 9.00. The van der Waals surface area contributed by atoms with Crippen molar-refractivity contribution in [1.29, 1.82) is 0 Å². The minimum atomic E-state index is -5.24. The monoisotopic (exact) mass is 854 g/mol. The summed E-state index contributed by atoms with van der Waals surface area (Å²) in [6.45, 7) is 2.23. The van der Waals surface area contributed by atoms with Gasteiger partial charge in [-0.3, -0.25) is 14.9 Å². The van der Waals surface area contributed by atoms with Gasteiger partial charge in [-0.15, -0.1) is 0 Å². The molecule has 3 aliphatic heterocycles. The van der Waals surface area contributed by atoms with Gasteiger partial charge in [-0.05, 0) is 65.4 Å². The van der Waals surface area contributed by atoms with Gasteiger partial charge >= 0.3 is 18.2 Å². The van der Waals surface area contributed by atoms with Crippen LogP contribution < -0.4 is 26.2 Å². The van der Waals surface area contributed by atoms with Gasteiger partial charge in [0.1, 0.15) is 30.4 Å². The van der Waals surface area contributed by atoms with Gasteiger partial charge in [-0.25, -0.2) is 9.59 Å². The van der Waals surface area contributed by atoms with Crippen molar-refractivity contribution < 1.29 is 51.4 Å². The molecule has 8 rings (SSSR count). The predicted molar refractivity (Wildman–Crippen MR) is 224 cm³/mol. The number of piperidine rings is 1. The van der Waals surface area contributed by atoms with E-state index in [0.29, 0.717) is 42.0 Å². The van der Waals surface area contributed by atoms with E-state index in [4.69, 9.17) is 9.47 Å². The number of quaternary nitrogens is 1. The summed E-state index contributed by atoms with van der Waals surface area (Å²) in [4.78, 5) is 52.4. The molecule has 0 aliphatic carbocycles. The van der Waals surface area contributed by atoms with E-state index < -0.39 is 35.7 Å². The molecule has 5 aromatic rings. The van der Waals surface area contributed by atoms with E-state index >= 15 is 0 Å². The second-order valence-corrected chi connectivity index (χ2v) is 16.7. The van der Waals surface area contributed by atoms with Crippen LogP contribution in [0.15, 0.2) is 95.8 Å². The van der Waals surface area contributed by atoms with Crippen LogP contribution in [0.2, 0.25) is 0 Å². The number of esters is 1. The molecule has 1 aromatic heterocycles. The number of anilines is 2. The summed E-state index contributed by atoms with van der Waals surface area (Å²) in [6.07, 6.45) is -4.46. The van der Waals surface area contributed by atoms with Gasteiger partial charge in [0.15, 0.2) is 5.75 Å². The fourth-order valence-electron chi connectivity index (χ4n) is 9.00. The number of nitrogens with zero attached hydrogens (tertiary/aromatic N) is 1. The molecule has 0 saturated carbocycles. The third kappa shape index (κ3) is 9.09. The number of benzene rings is 4. The number of rotatable bonds is 13. The van der Waals surface area contributed by atoms with Crippen LogP contribution in [0, 0.1) is 6.92 Å². The van der Waals surface area contributed by atoms with Crippen molar-refractivity contribution in [2.24, 2.45) is 0 Å². The molecule has 2 amide bonds. The Kier molecular flexibility index (Phi) is 11.7.